The summed E-state index contributed by atoms with van der Waals surface area (Å²) in [5.74, 6) is 0. The number of alkyl halides is 1. The second-order valence-electron chi connectivity index (χ2n) is 3.49. The predicted molar refractivity (Wildman–Crippen MR) is 60.5 cm³/mol. The number of benzene rings is 1. The van der Waals surface area contributed by atoms with Crippen LogP contribution in [0.15, 0.2) is 30.5 Å². The van der Waals surface area contributed by atoms with E-state index in [1.165, 1.54) is 16.5 Å². The lowest BCUT2D eigenvalue weighted by atomic mass is 10.2. The molecule has 0 bridgehead atoms. The highest BCUT2D eigenvalue weighted by molar-refractivity contribution is 6.17. The van der Waals surface area contributed by atoms with E-state index in [1.807, 2.05) is 19.3 Å². The molecule has 1 N–H and O–H groups in total. The molecule has 0 saturated heterocycles. The molecule has 1 aromatic heterocycles. The normalized spacial score (nSPS) is 11.4. The van der Waals surface area contributed by atoms with Gasteiger partial charge >= 0.3 is 0 Å². The smallest absolute Gasteiger partial charge is 0.0738 e. The van der Waals surface area contributed by atoms with E-state index >= 15 is 0 Å². The highest BCUT2D eigenvalue weighted by Crippen LogP contribution is 2.18. The van der Waals surface area contributed by atoms with Crippen LogP contribution in [0.1, 0.15) is 5.56 Å². The van der Waals surface area contributed by atoms with Crippen LogP contribution in [0.25, 0.3) is 10.9 Å². The van der Waals surface area contributed by atoms with Gasteiger partial charge in [0.1, 0.15) is 0 Å². The number of aromatic amines is 1. The Hall–Kier alpha value is -0.990. The fourth-order valence-corrected chi connectivity index (χ4v) is 1.68. The number of halogens is 1. The van der Waals surface area contributed by atoms with Crippen LogP contribution in [0, 0.1) is 0 Å². The van der Waals surface area contributed by atoms with Gasteiger partial charge < -0.3 is 4.98 Å². The van der Waals surface area contributed by atoms with Crippen molar-refractivity contribution in [3.8, 4) is 0 Å². The molecule has 0 atom stereocenters. The van der Waals surface area contributed by atoms with E-state index < -0.39 is 0 Å². The van der Waals surface area contributed by atoms with E-state index in [2.05, 4.69) is 28.1 Å². The molecule has 74 valence electrons. The Labute approximate surface area is 88.5 Å². The first-order valence-electron chi connectivity index (χ1n) is 4.61. The largest absolute Gasteiger partial charge is 0.361 e. The minimum atomic E-state index is 0.555. The van der Waals surface area contributed by atoms with Gasteiger partial charge in [0.05, 0.1) is 6.00 Å². The molecule has 3 heteroatoms. The number of nitrogens with one attached hydrogen (secondary N) is 1. The van der Waals surface area contributed by atoms with Crippen molar-refractivity contribution in [2.45, 2.75) is 6.54 Å². The number of aromatic nitrogens is 1. The molecule has 0 saturated carbocycles. The van der Waals surface area contributed by atoms with Crippen LogP contribution in [-0.2, 0) is 6.54 Å². The first-order chi connectivity index (χ1) is 6.81. The number of H-pyrrole nitrogens is 1. The molecule has 0 radical (unpaired) electrons. The molecule has 0 aliphatic heterocycles. The molecule has 0 spiro atoms. The fraction of sp³-hybridized carbons (Fsp3) is 0.273. The van der Waals surface area contributed by atoms with Crippen molar-refractivity contribution in [1.82, 2.24) is 9.88 Å². The van der Waals surface area contributed by atoms with Gasteiger partial charge in [0.15, 0.2) is 0 Å². The first-order valence-corrected chi connectivity index (χ1v) is 5.14. The molecular weight excluding hydrogens is 196 g/mol. The molecule has 14 heavy (non-hydrogen) atoms. The summed E-state index contributed by atoms with van der Waals surface area (Å²) in [5, 5.41) is 1.28. The number of para-hydroxylation sites is 1. The van der Waals surface area contributed by atoms with Crippen molar-refractivity contribution < 1.29 is 0 Å². The molecular formula is C11H13ClN2. The van der Waals surface area contributed by atoms with Crippen molar-refractivity contribution in [1.29, 1.82) is 0 Å². The summed E-state index contributed by atoms with van der Waals surface area (Å²) in [6, 6.07) is 8.86. The molecule has 0 aliphatic carbocycles. The number of nitrogens with zero attached hydrogens (tertiary/aromatic N) is 1. The molecule has 2 aromatic rings. The monoisotopic (exact) mass is 208 g/mol. The van der Waals surface area contributed by atoms with Crippen molar-refractivity contribution in [3.63, 3.8) is 0 Å². The third kappa shape index (κ3) is 1.76. The van der Waals surface area contributed by atoms with Crippen molar-refractivity contribution >= 4 is 22.5 Å². The van der Waals surface area contributed by atoms with E-state index in [9.17, 15) is 0 Å². The maximum atomic E-state index is 5.74. The lowest BCUT2D eigenvalue weighted by Crippen LogP contribution is -2.14. The van der Waals surface area contributed by atoms with Gasteiger partial charge in [-0.25, -0.2) is 0 Å². The SMILES string of the molecule is CN(CCl)Cc1c[nH]c2ccccc12. The third-order valence-corrected chi connectivity index (χ3v) is 2.73. The van der Waals surface area contributed by atoms with Crippen molar-refractivity contribution in [2.75, 3.05) is 13.1 Å². The Morgan fingerprint density at radius 3 is 2.93 bits per heavy atom. The van der Waals surface area contributed by atoms with Crippen LogP contribution < -0.4 is 0 Å². The van der Waals surface area contributed by atoms with Gasteiger partial charge in [-0.2, -0.15) is 0 Å². The zero-order valence-corrected chi connectivity index (χ0v) is 8.88. The van der Waals surface area contributed by atoms with Gasteiger partial charge in [0, 0.05) is 23.6 Å². The molecule has 0 amide bonds. The van der Waals surface area contributed by atoms with Gasteiger partial charge in [-0.15, -0.1) is 11.6 Å². The minimum Gasteiger partial charge on any atom is -0.361 e. The molecule has 2 rings (SSSR count). The quantitative estimate of drug-likeness (QED) is 0.607. The van der Waals surface area contributed by atoms with Gasteiger partial charge in [-0.3, -0.25) is 4.90 Å². The van der Waals surface area contributed by atoms with E-state index in [-0.39, 0.29) is 0 Å². The van der Waals surface area contributed by atoms with Crippen LogP contribution in [0.3, 0.4) is 0 Å². The Balaban J connectivity index is 2.33. The Kier molecular flexibility index (Phi) is 2.75. The molecule has 1 heterocycles. The zero-order chi connectivity index (χ0) is 9.97. The number of hydrogen-bond donors (Lipinski definition) is 1. The summed E-state index contributed by atoms with van der Waals surface area (Å²) in [6.07, 6.45) is 2.05. The third-order valence-electron chi connectivity index (χ3n) is 2.32. The Morgan fingerprint density at radius 1 is 1.36 bits per heavy atom. The molecule has 0 fully saturated rings. The second-order valence-corrected chi connectivity index (χ2v) is 3.73. The summed E-state index contributed by atoms with van der Waals surface area (Å²) in [6.45, 7) is 0.882. The second kappa shape index (κ2) is 4.03. The Morgan fingerprint density at radius 2 is 2.14 bits per heavy atom. The highest BCUT2D eigenvalue weighted by atomic mass is 35.5. The topological polar surface area (TPSA) is 19.0 Å². The standard InChI is InChI=1S/C11H13ClN2/c1-14(8-12)7-9-6-13-11-5-3-2-4-10(9)11/h2-6,13H,7-8H2,1H3. The molecule has 2 nitrogen and oxygen atoms in total. The van der Waals surface area contributed by atoms with Crippen LogP contribution in [-0.4, -0.2) is 22.9 Å². The van der Waals surface area contributed by atoms with E-state index in [0.29, 0.717) is 6.00 Å². The molecule has 0 aliphatic rings. The van der Waals surface area contributed by atoms with Crippen LogP contribution in [0.2, 0.25) is 0 Å². The summed E-state index contributed by atoms with van der Waals surface area (Å²) >= 11 is 5.74. The van der Waals surface area contributed by atoms with Crippen LogP contribution in [0.4, 0.5) is 0 Å². The lowest BCUT2D eigenvalue weighted by molar-refractivity contribution is 0.384. The average molecular weight is 209 g/mol. The highest BCUT2D eigenvalue weighted by Gasteiger charge is 2.04. The van der Waals surface area contributed by atoms with E-state index in [0.717, 1.165) is 6.54 Å². The molecule has 0 unspecified atom stereocenters. The van der Waals surface area contributed by atoms with E-state index in [1.54, 1.807) is 0 Å². The van der Waals surface area contributed by atoms with Gasteiger partial charge in [-0.05, 0) is 18.7 Å². The maximum absolute atomic E-state index is 5.74. The average Bonchev–Trinajstić information content (AvgIpc) is 2.62. The maximum Gasteiger partial charge on any atom is 0.0738 e. The number of hydrogen-bond acceptors (Lipinski definition) is 1. The summed E-state index contributed by atoms with van der Waals surface area (Å²) in [4.78, 5) is 5.31. The van der Waals surface area contributed by atoms with Gasteiger partial charge in [0.25, 0.3) is 0 Å². The van der Waals surface area contributed by atoms with Crippen molar-refractivity contribution in [3.05, 3.63) is 36.0 Å². The zero-order valence-electron chi connectivity index (χ0n) is 8.13. The van der Waals surface area contributed by atoms with Crippen LogP contribution >= 0.6 is 11.6 Å². The van der Waals surface area contributed by atoms with Gasteiger partial charge in [0.2, 0.25) is 0 Å². The van der Waals surface area contributed by atoms with Gasteiger partial charge in [-0.1, -0.05) is 18.2 Å². The summed E-state index contributed by atoms with van der Waals surface area (Å²) in [7, 11) is 2.01. The van der Waals surface area contributed by atoms with E-state index in [4.69, 9.17) is 11.6 Å². The Bertz CT molecular complexity index is 422. The fourth-order valence-electron chi connectivity index (χ4n) is 1.60. The van der Waals surface area contributed by atoms with Crippen molar-refractivity contribution in [2.24, 2.45) is 0 Å². The van der Waals surface area contributed by atoms with Crippen LogP contribution in [0.5, 0.6) is 0 Å². The first kappa shape index (κ1) is 9.56. The lowest BCUT2D eigenvalue weighted by Gasteiger charge is -2.11. The molecule has 1 aromatic carbocycles. The predicted octanol–water partition coefficient (Wildman–Crippen LogP) is 2.80. The summed E-state index contributed by atoms with van der Waals surface area (Å²) < 4.78 is 0. The summed E-state index contributed by atoms with van der Waals surface area (Å²) in [5.41, 5.74) is 2.48. The number of rotatable bonds is 3. The minimum absolute atomic E-state index is 0.555. The number of fused-ring (bicyclic) bond motifs is 1.